The van der Waals surface area contributed by atoms with Gasteiger partial charge in [0.05, 0.1) is 40.8 Å². The summed E-state index contributed by atoms with van der Waals surface area (Å²) in [6, 6.07) is 38.0. The summed E-state index contributed by atoms with van der Waals surface area (Å²) in [5.41, 5.74) is 5.64. The van der Waals surface area contributed by atoms with Crippen molar-refractivity contribution in [2.24, 2.45) is 5.41 Å². The summed E-state index contributed by atoms with van der Waals surface area (Å²) < 4.78 is 0. The van der Waals surface area contributed by atoms with Gasteiger partial charge in [0.25, 0.3) is 0 Å². The summed E-state index contributed by atoms with van der Waals surface area (Å²) in [7, 11) is 0. The van der Waals surface area contributed by atoms with Crippen molar-refractivity contribution >= 4 is 11.6 Å². The topological polar surface area (TPSA) is 83.4 Å². The number of nitrogens with one attached hydrogen (secondary N) is 1. The molecule has 0 aliphatic carbocycles. The zero-order valence-electron chi connectivity index (χ0n) is 22.9. The first-order valence-electron chi connectivity index (χ1n) is 13.3. The minimum absolute atomic E-state index is 0.0296. The monoisotopic (exact) mass is 542 g/mol. The number of hydrogen-bond acceptors (Lipinski definition) is 4. The molecule has 3 atom stereocenters. The van der Waals surface area contributed by atoms with E-state index in [4.69, 9.17) is 11.6 Å². The first kappa shape index (κ1) is 28.6. The molecule has 0 aromatic heterocycles. The van der Waals surface area contributed by atoms with Crippen LogP contribution in [0.25, 0.3) is 11.1 Å². The molecule has 0 aliphatic heterocycles. The summed E-state index contributed by atoms with van der Waals surface area (Å²) in [5.74, 6) is 0.0296. The van der Waals surface area contributed by atoms with Gasteiger partial charge in [0.1, 0.15) is 0 Å². The van der Waals surface area contributed by atoms with Crippen LogP contribution in [0.4, 0.5) is 0 Å². The van der Waals surface area contributed by atoms with E-state index in [1.165, 1.54) is 0 Å². The highest BCUT2D eigenvalue weighted by Gasteiger charge is 2.34. The molecule has 1 N–H and O–H groups in total. The highest BCUT2D eigenvalue weighted by atomic mass is 35.5. The predicted octanol–water partition coefficient (Wildman–Crippen LogP) is 8.35. The highest BCUT2D eigenvalue weighted by Crippen LogP contribution is 2.37. The molecule has 0 saturated heterocycles. The van der Waals surface area contributed by atoms with Crippen molar-refractivity contribution in [3.8, 4) is 29.3 Å². The molecule has 4 aromatic carbocycles. The average molecular weight is 543 g/mol. The first-order valence-corrected chi connectivity index (χ1v) is 13.6. The van der Waals surface area contributed by atoms with Crippen LogP contribution >= 0.6 is 11.6 Å². The van der Waals surface area contributed by atoms with E-state index in [1.54, 1.807) is 6.07 Å². The number of nitrogens with zero attached hydrogens (tertiary/aromatic N) is 3. The summed E-state index contributed by atoms with van der Waals surface area (Å²) in [4.78, 5) is 0. The predicted molar refractivity (Wildman–Crippen MR) is 160 cm³/mol. The number of hydrogen-bond donors (Lipinski definition) is 1. The van der Waals surface area contributed by atoms with Crippen molar-refractivity contribution in [1.82, 2.24) is 5.32 Å². The fourth-order valence-electron chi connectivity index (χ4n) is 5.13. The highest BCUT2D eigenvalue weighted by molar-refractivity contribution is 6.30. The van der Waals surface area contributed by atoms with E-state index in [2.05, 4.69) is 42.6 Å². The van der Waals surface area contributed by atoms with Crippen molar-refractivity contribution in [3.05, 3.63) is 130 Å². The van der Waals surface area contributed by atoms with E-state index in [0.29, 0.717) is 16.1 Å². The van der Waals surface area contributed by atoms with Gasteiger partial charge in [-0.15, -0.1) is 0 Å². The molecular weight excluding hydrogens is 512 g/mol. The van der Waals surface area contributed by atoms with Crippen LogP contribution in [0.5, 0.6) is 0 Å². The Morgan fingerprint density at radius 2 is 1.32 bits per heavy atom. The lowest BCUT2D eigenvalue weighted by Crippen LogP contribution is -2.42. The third kappa shape index (κ3) is 6.77. The summed E-state index contributed by atoms with van der Waals surface area (Å²) in [6.07, 6.45) is 0.737. The zero-order valence-corrected chi connectivity index (χ0v) is 23.7. The van der Waals surface area contributed by atoms with Gasteiger partial charge >= 0.3 is 0 Å². The van der Waals surface area contributed by atoms with E-state index in [9.17, 15) is 15.8 Å². The van der Waals surface area contributed by atoms with Gasteiger partial charge in [0.15, 0.2) is 0 Å². The molecule has 5 heteroatoms. The van der Waals surface area contributed by atoms with Gasteiger partial charge in [-0.1, -0.05) is 66.2 Å². The number of rotatable bonds is 9. The van der Waals surface area contributed by atoms with Crippen molar-refractivity contribution in [3.63, 3.8) is 0 Å². The Balaban J connectivity index is 1.72. The van der Waals surface area contributed by atoms with Crippen LogP contribution in [-0.2, 0) is 6.42 Å². The second kappa shape index (κ2) is 12.6. The molecule has 40 heavy (non-hydrogen) atoms. The zero-order chi connectivity index (χ0) is 28.7. The quantitative estimate of drug-likeness (QED) is 0.230. The Labute approximate surface area is 242 Å². The molecule has 1 unspecified atom stereocenters. The lowest BCUT2D eigenvalue weighted by Gasteiger charge is -2.36. The number of halogens is 1. The number of nitriles is 3. The van der Waals surface area contributed by atoms with Crippen LogP contribution in [0.1, 0.15) is 60.5 Å². The van der Waals surface area contributed by atoms with Gasteiger partial charge in [-0.05, 0) is 97.5 Å². The molecule has 4 nitrogen and oxygen atoms in total. The summed E-state index contributed by atoms with van der Waals surface area (Å²) in [6.45, 7) is 6.04. The molecule has 0 spiro atoms. The minimum Gasteiger partial charge on any atom is -0.305 e. The standard InChI is InChI=1S/C35H31ClN4/c1-24(33(19-25-13-15-32(36)16-14-25)30-11-5-8-27(18-30)22-38)40-34(35(2,3)23-39)31-12-6-10-29(20-31)28-9-4-7-26(17-28)21-37/h4-18,20,24,33-34,40H,19H2,1-3H3/t24-,33+,34?/m0/s1. The molecule has 4 aromatic rings. The Morgan fingerprint density at radius 1 is 0.750 bits per heavy atom. The van der Waals surface area contributed by atoms with Gasteiger partial charge in [-0.2, -0.15) is 15.8 Å². The van der Waals surface area contributed by atoms with Gasteiger partial charge in [0.2, 0.25) is 0 Å². The van der Waals surface area contributed by atoms with E-state index in [-0.39, 0.29) is 18.0 Å². The molecule has 198 valence electrons. The van der Waals surface area contributed by atoms with Crippen LogP contribution in [0.2, 0.25) is 5.02 Å². The SMILES string of the molecule is C[C@H](NC(c1cccc(-c2cccc(C#N)c2)c1)C(C)(C)C#N)[C@@H](Cc1ccc(Cl)cc1)c1cccc(C#N)c1. The van der Waals surface area contributed by atoms with Gasteiger partial charge in [-0.3, -0.25) is 0 Å². The van der Waals surface area contributed by atoms with Crippen molar-refractivity contribution < 1.29 is 0 Å². The Hall–Kier alpha value is -4.40. The number of benzene rings is 4. The van der Waals surface area contributed by atoms with Crippen LogP contribution < -0.4 is 5.32 Å². The molecule has 0 saturated carbocycles. The second-order valence-corrected chi connectivity index (χ2v) is 11.2. The first-order chi connectivity index (χ1) is 19.2. The summed E-state index contributed by atoms with van der Waals surface area (Å²) in [5, 5.41) is 33.6. The van der Waals surface area contributed by atoms with Crippen LogP contribution in [0, 0.1) is 39.4 Å². The van der Waals surface area contributed by atoms with E-state index >= 15 is 0 Å². The lowest BCUT2D eigenvalue weighted by atomic mass is 9.79. The third-order valence-corrected chi connectivity index (χ3v) is 7.65. The van der Waals surface area contributed by atoms with Crippen LogP contribution in [0.3, 0.4) is 0 Å². The largest absolute Gasteiger partial charge is 0.305 e. The van der Waals surface area contributed by atoms with Crippen molar-refractivity contribution in [2.45, 2.75) is 45.2 Å². The second-order valence-electron chi connectivity index (χ2n) is 10.7. The molecular formula is C35H31ClN4. The Bertz CT molecular complexity index is 1600. The van der Waals surface area contributed by atoms with E-state index in [1.807, 2.05) is 92.7 Å². The van der Waals surface area contributed by atoms with Crippen molar-refractivity contribution in [1.29, 1.82) is 15.8 Å². The molecule has 0 aliphatic rings. The van der Waals surface area contributed by atoms with Crippen molar-refractivity contribution in [2.75, 3.05) is 0 Å². The molecule has 0 fully saturated rings. The summed E-state index contributed by atoms with van der Waals surface area (Å²) >= 11 is 6.15. The molecule has 4 rings (SSSR count). The maximum absolute atomic E-state index is 10.2. The normalized spacial score (nSPS) is 13.3. The van der Waals surface area contributed by atoms with E-state index in [0.717, 1.165) is 34.2 Å². The fraction of sp³-hybridized carbons (Fsp3) is 0.229. The van der Waals surface area contributed by atoms with Crippen LogP contribution in [-0.4, -0.2) is 6.04 Å². The minimum atomic E-state index is -0.722. The van der Waals surface area contributed by atoms with Gasteiger partial charge in [0, 0.05) is 17.0 Å². The van der Waals surface area contributed by atoms with Gasteiger partial charge in [-0.25, -0.2) is 0 Å². The fourth-order valence-corrected chi connectivity index (χ4v) is 5.25. The van der Waals surface area contributed by atoms with E-state index < -0.39 is 5.41 Å². The molecule has 0 amide bonds. The van der Waals surface area contributed by atoms with Crippen LogP contribution in [0.15, 0.2) is 97.1 Å². The maximum atomic E-state index is 10.2. The molecule has 0 radical (unpaired) electrons. The lowest BCUT2D eigenvalue weighted by molar-refractivity contribution is 0.281. The average Bonchev–Trinajstić information content (AvgIpc) is 2.99. The third-order valence-electron chi connectivity index (χ3n) is 7.40. The van der Waals surface area contributed by atoms with Gasteiger partial charge < -0.3 is 5.32 Å². The maximum Gasteiger partial charge on any atom is 0.0991 e. The Kier molecular flexibility index (Phi) is 9.04. The smallest absolute Gasteiger partial charge is 0.0991 e. The molecule has 0 bridgehead atoms. The molecule has 0 heterocycles. The Morgan fingerprint density at radius 3 is 1.98 bits per heavy atom.